The zero-order valence-corrected chi connectivity index (χ0v) is 11.1. The molecule has 2 aromatic rings. The molecular formula is C12H19N5O. The number of nitrogens with zero attached hydrogens (tertiary/aromatic N) is 4. The molecule has 0 fully saturated rings. The van der Waals surface area contributed by atoms with Gasteiger partial charge in [0, 0.05) is 6.54 Å². The van der Waals surface area contributed by atoms with Crippen LogP contribution in [0.2, 0.25) is 0 Å². The highest BCUT2D eigenvalue weighted by Gasteiger charge is 2.14. The lowest BCUT2D eigenvalue weighted by atomic mass is 10.3. The van der Waals surface area contributed by atoms with Crippen LogP contribution in [0.4, 0.5) is 0 Å². The summed E-state index contributed by atoms with van der Waals surface area (Å²) in [7, 11) is 0. The lowest BCUT2D eigenvalue weighted by molar-refractivity contribution is 0.415. The van der Waals surface area contributed by atoms with Crippen LogP contribution in [-0.2, 0) is 19.5 Å². The van der Waals surface area contributed by atoms with Crippen molar-refractivity contribution >= 4 is 0 Å². The Labute approximate surface area is 106 Å². The Balaban J connectivity index is 2.24. The number of aryl methyl sites for hydroxylation is 2. The minimum atomic E-state index is 0.539. The van der Waals surface area contributed by atoms with Crippen molar-refractivity contribution in [3.8, 4) is 11.6 Å². The zero-order chi connectivity index (χ0) is 13.0. The molecule has 18 heavy (non-hydrogen) atoms. The Hall–Kier alpha value is -1.69. The van der Waals surface area contributed by atoms with Crippen molar-refractivity contribution in [1.29, 1.82) is 0 Å². The van der Waals surface area contributed by atoms with Gasteiger partial charge in [0.15, 0.2) is 5.82 Å². The maximum Gasteiger partial charge on any atom is 0.276 e. The van der Waals surface area contributed by atoms with Gasteiger partial charge in [-0.05, 0) is 26.0 Å². The number of hydrogen-bond donors (Lipinski definition) is 1. The van der Waals surface area contributed by atoms with Crippen molar-refractivity contribution in [3.63, 3.8) is 0 Å². The Kier molecular flexibility index (Phi) is 4.09. The van der Waals surface area contributed by atoms with Crippen molar-refractivity contribution < 1.29 is 4.52 Å². The summed E-state index contributed by atoms with van der Waals surface area (Å²) in [4.78, 5) is 4.37. The molecule has 6 heteroatoms. The summed E-state index contributed by atoms with van der Waals surface area (Å²) in [6, 6.07) is 2.01. The lowest BCUT2D eigenvalue weighted by Gasteiger charge is -1.98. The van der Waals surface area contributed by atoms with Gasteiger partial charge in [-0.15, -0.1) is 0 Å². The van der Waals surface area contributed by atoms with Crippen LogP contribution in [0, 0.1) is 0 Å². The van der Waals surface area contributed by atoms with Gasteiger partial charge in [-0.1, -0.05) is 19.0 Å². The maximum absolute atomic E-state index is 5.29. The van der Waals surface area contributed by atoms with Crippen molar-refractivity contribution in [2.75, 3.05) is 6.54 Å². The minimum Gasteiger partial charge on any atom is -0.332 e. The summed E-state index contributed by atoms with van der Waals surface area (Å²) in [5.74, 6) is 1.21. The molecule has 0 unspecified atom stereocenters. The fraction of sp³-hybridized carbons (Fsp3) is 0.583. The van der Waals surface area contributed by atoms with E-state index in [0.29, 0.717) is 18.3 Å². The first-order valence-corrected chi connectivity index (χ1v) is 6.38. The van der Waals surface area contributed by atoms with E-state index in [1.807, 2.05) is 24.6 Å². The Morgan fingerprint density at radius 1 is 1.33 bits per heavy atom. The predicted molar refractivity (Wildman–Crippen MR) is 68.0 cm³/mol. The molecule has 0 aliphatic heterocycles. The molecule has 0 amide bonds. The highest BCUT2D eigenvalue weighted by Crippen LogP contribution is 2.19. The minimum absolute atomic E-state index is 0.539. The number of hydrogen-bond acceptors (Lipinski definition) is 5. The van der Waals surface area contributed by atoms with Gasteiger partial charge < -0.3 is 9.84 Å². The quantitative estimate of drug-likeness (QED) is 0.842. The molecule has 0 aromatic carbocycles. The molecule has 0 aliphatic carbocycles. The smallest absolute Gasteiger partial charge is 0.276 e. The lowest BCUT2D eigenvalue weighted by Crippen LogP contribution is -2.12. The summed E-state index contributed by atoms with van der Waals surface area (Å²) in [6.07, 6.45) is 0.901. The van der Waals surface area contributed by atoms with Crippen LogP contribution < -0.4 is 5.32 Å². The van der Waals surface area contributed by atoms with Gasteiger partial charge in [-0.2, -0.15) is 10.1 Å². The first-order chi connectivity index (χ1) is 8.78. The second-order valence-electron chi connectivity index (χ2n) is 3.99. The van der Waals surface area contributed by atoms with Crippen LogP contribution in [0.3, 0.4) is 0 Å². The summed E-state index contributed by atoms with van der Waals surface area (Å²) >= 11 is 0. The monoisotopic (exact) mass is 249 g/mol. The standard InChI is InChI=1S/C12H19N5O/c1-4-9-7-10(17(6-3)15-9)12-14-11(16-18-12)8-13-5-2/h7,13H,4-6,8H2,1-3H3. The molecule has 2 rings (SSSR count). The third-order valence-electron chi connectivity index (χ3n) is 2.71. The van der Waals surface area contributed by atoms with Gasteiger partial charge in [-0.25, -0.2) is 0 Å². The summed E-state index contributed by atoms with van der Waals surface area (Å²) in [5, 5.41) is 11.6. The number of nitrogens with one attached hydrogen (secondary N) is 1. The first-order valence-electron chi connectivity index (χ1n) is 6.38. The van der Waals surface area contributed by atoms with E-state index >= 15 is 0 Å². The molecule has 98 valence electrons. The number of rotatable bonds is 6. The predicted octanol–water partition coefficient (Wildman–Crippen LogP) is 1.62. The van der Waals surface area contributed by atoms with E-state index in [0.717, 1.165) is 30.9 Å². The normalized spacial score (nSPS) is 11.1. The molecule has 0 bridgehead atoms. The summed E-state index contributed by atoms with van der Waals surface area (Å²) in [5.41, 5.74) is 1.93. The fourth-order valence-electron chi connectivity index (χ4n) is 1.72. The van der Waals surface area contributed by atoms with Crippen LogP contribution in [0.25, 0.3) is 11.6 Å². The summed E-state index contributed by atoms with van der Waals surface area (Å²) in [6.45, 7) is 8.47. The van der Waals surface area contributed by atoms with E-state index in [9.17, 15) is 0 Å². The van der Waals surface area contributed by atoms with Gasteiger partial charge in [0.1, 0.15) is 5.69 Å². The zero-order valence-electron chi connectivity index (χ0n) is 11.1. The van der Waals surface area contributed by atoms with Crippen LogP contribution >= 0.6 is 0 Å². The van der Waals surface area contributed by atoms with Gasteiger partial charge in [0.05, 0.1) is 12.2 Å². The number of aromatic nitrogens is 4. The second kappa shape index (κ2) is 5.77. The second-order valence-corrected chi connectivity index (χ2v) is 3.99. The molecule has 0 spiro atoms. The average molecular weight is 249 g/mol. The van der Waals surface area contributed by atoms with Gasteiger partial charge in [-0.3, -0.25) is 4.68 Å². The van der Waals surface area contributed by atoms with Gasteiger partial charge in [0.25, 0.3) is 5.89 Å². The molecule has 0 aliphatic rings. The molecule has 2 heterocycles. The molecule has 6 nitrogen and oxygen atoms in total. The van der Waals surface area contributed by atoms with Crippen molar-refractivity contribution in [2.45, 2.75) is 40.3 Å². The largest absolute Gasteiger partial charge is 0.332 e. The van der Waals surface area contributed by atoms with Crippen LogP contribution in [-0.4, -0.2) is 26.5 Å². The molecule has 2 aromatic heterocycles. The third-order valence-corrected chi connectivity index (χ3v) is 2.71. The Morgan fingerprint density at radius 2 is 2.17 bits per heavy atom. The topological polar surface area (TPSA) is 68.8 Å². The molecule has 1 N–H and O–H groups in total. The average Bonchev–Trinajstić information content (AvgIpc) is 3.02. The maximum atomic E-state index is 5.29. The van der Waals surface area contributed by atoms with Crippen LogP contribution in [0.1, 0.15) is 32.3 Å². The Morgan fingerprint density at radius 3 is 2.83 bits per heavy atom. The highest BCUT2D eigenvalue weighted by molar-refractivity contribution is 5.47. The first kappa shape index (κ1) is 12.8. The molecule has 0 atom stereocenters. The molecule has 0 radical (unpaired) electrons. The van der Waals surface area contributed by atoms with Crippen LogP contribution in [0.5, 0.6) is 0 Å². The van der Waals surface area contributed by atoms with Crippen molar-refractivity contribution in [1.82, 2.24) is 25.2 Å². The molecule has 0 saturated heterocycles. The van der Waals surface area contributed by atoms with E-state index in [-0.39, 0.29) is 0 Å². The van der Waals surface area contributed by atoms with Crippen molar-refractivity contribution in [2.24, 2.45) is 0 Å². The van der Waals surface area contributed by atoms with E-state index in [2.05, 4.69) is 27.5 Å². The van der Waals surface area contributed by atoms with Crippen LogP contribution in [0.15, 0.2) is 10.6 Å². The van der Waals surface area contributed by atoms with Crippen molar-refractivity contribution in [3.05, 3.63) is 17.6 Å². The van der Waals surface area contributed by atoms with E-state index in [4.69, 9.17) is 4.52 Å². The van der Waals surface area contributed by atoms with E-state index < -0.39 is 0 Å². The third kappa shape index (κ3) is 2.59. The van der Waals surface area contributed by atoms with Gasteiger partial charge in [0.2, 0.25) is 0 Å². The molecule has 0 saturated carbocycles. The fourth-order valence-corrected chi connectivity index (χ4v) is 1.72. The Bertz CT molecular complexity index is 502. The van der Waals surface area contributed by atoms with Gasteiger partial charge >= 0.3 is 0 Å². The molecular weight excluding hydrogens is 230 g/mol. The highest BCUT2D eigenvalue weighted by atomic mass is 16.5. The van der Waals surface area contributed by atoms with E-state index in [1.165, 1.54) is 0 Å². The summed E-state index contributed by atoms with van der Waals surface area (Å²) < 4.78 is 7.18. The SMILES string of the molecule is CCNCc1noc(-c2cc(CC)nn2CC)n1. The van der Waals surface area contributed by atoms with E-state index in [1.54, 1.807) is 0 Å².